The topological polar surface area (TPSA) is 52.0 Å². The van der Waals surface area contributed by atoms with Crippen molar-refractivity contribution >= 4 is 22.1 Å². The van der Waals surface area contributed by atoms with Gasteiger partial charge in [0.05, 0.1) is 0 Å². The summed E-state index contributed by atoms with van der Waals surface area (Å²) in [7, 11) is 0. The smallest absolute Gasteiger partial charge is 0.0417 e. The highest BCUT2D eigenvalue weighted by Gasteiger charge is 2.04. The van der Waals surface area contributed by atoms with Crippen molar-refractivity contribution in [2.45, 2.75) is 58.3 Å². The van der Waals surface area contributed by atoms with Crippen molar-refractivity contribution in [3.8, 4) is 0 Å². The summed E-state index contributed by atoms with van der Waals surface area (Å²) in [6, 6.07) is 10.3. The summed E-state index contributed by atoms with van der Waals surface area (Å²) in [5.41, 5.74) is 15.1. The predicted molar refractivity (Wildman–Crippen MR) is 94.5 cm³/mol. The van der Waals surface area contributed by atoms with E-state index in [1.54, 1.807) is 0 Å². The number of hydrogen-bond acceptors (Lipinski definition) is 2. The minimum absolute atomic E-state index is 0.771. The predicted octanol–water partition coefficient (Wildman–Crippen LogP) is 5.30. The Balaban J connectivity index is 1.88. The van der Waals surface area contributed by atoms with Crippen molar-refractivity contribution in [1.82, 2.24) is 0 Å². The van der Waals surface area contributed by atoms with Crippen LogP contribution in [-0.2, 0) is 6.42 Å². The minimum atomic E-state index is 0.771. The Kier molecular flexibility index (Phi) is 5.91. The summed E-state index contributed by atoms with van der Waals surface area (Å²) in [6.45, 7) is 2.26. The van der Waals surface area contributed by atoms with Gasteiger partial charge in [0.1, 0.15) is 0 Å². The average Bonchev–Trinajstić information content (AvgIpc) is 2.46. The lowest BCUT2D eigenvalue weighted by Gasteiger charge is -2.09. The average molecular weight is 284 g/mol. The third kappa shape index (κ3) is 4.38. The van der Waals surface area contributed by atoms with Crippen molar-refractivity contribution in [3.05, 3.63) is 35.9 Å². The van der Waals surface area contributed by atoms with E-state index in [9.17, 15) is 0 Å². The van der Waals surface area contributed by atoms with E-state index in [1.807, 2.05) is 12.1 Å². The lowest BCUT2D eigenvalue weighted by atomic mass is 9.99. The van der Waals surface area contributed by atoms with Gasteiger partial charge in [0.25, 0.3) is 0 Å². The maximum atomic E-state index is 6.16. The van der Waals surface area contributed by atoms with E-state index in [2.05, 4.69) is 25.1 Å². The molecule has 4 N–H and O–H groups in total. The van der Waals surface area contributed by atoms with Crippen LogP contribution >= 0.6 is 0 Å². The highest BCUT2D eigenvalue weighted by atomic mass is 14.6. The second-order valence-corrected chi connectivity index (χ2v) is 6.00. The highest BCUT2D eigenvalue weighted by Crippen LogP contribution is 2.29. The summed E-state index contributed by atoms with van der Waals surface area (Å²) in [5.74, 6) is 0. The monoisotopic (exact) mass is 284 g/mol. The van der Waals surface area contributed by atoms with Gasteiger partial charge in [0.15, 0.2) is 0 Å². The number of nitrogens with two attached hydrogens (primary N) is 2. The molecule has 114 valence electrons. The third-order valence-corrected chi connectivity index (χ3v) is 4.17. The molecule has 2 aromatic carbocycles. The van der Waals surface area contributed by atoms with E-state index in [0.717, 1.165) is 28.6 Å². The Morgan fingerprint density at radius 1 is 0.810 bits per heavy atom. The molecule has 0 amide bonds. The molecule has 0 atom stereocenters. The van der Waals surface area contributed by atoms with Crippen molar-refractivity contribution < 1.29 is 0 Å². The lowest BCUT2D eigenvalue weighted by molar-refractivity contribution is 0.589. The number of fused-ring (bicyclic) bond motifs is 1. The number of benzene rings is 2. The van der Waals surface area contributed by atoms with E-state index in [-0.39, 0.29) is 0 Å². The van der Waals surface area contributed by atoms with Gasteiger partial charge in [-0.2, -0.15) is 0 Å². The van der Waals surface area contributed by atoms with Gasteiger partial charge in [-0.1, -0.05) is 63.6 Å². The van der Waals surface area contributed by atoms with Crippen LogP contribution in [0.15, 0.2) is 30.3 Å². The quantitative estimate of drug-likeness (QED) is 0.510. The molecule has 0 aliphatic carbocycles. The number of unbranched alkanes of at least 4 members (excludes halogenated alkanes) is 6. The lowest BCUT2D eigenvalue weighted by Crippen LogP contribution is -1.95. The molecular weight excluding hydrogens is 256 g/mol. The van der Waals surface area contributed by atoms with Crippen LogP contribution in [0.25, 0.3) is 10.8 Å². The molecule has 0 radical (unpaired) electrons. The fourth-order valence-corrected chi connectivity index (χ4v) is 2.99. The van der Waals surface area contributed by atoms with E-state index < -0.39 is 0 Å². The third-order valence-electron chi connectivity index (χ3n) is 4.17. The van der Waals surface area contributed by atoms with Crippen LogP contribution in [0.3, 0.4) is 0 Å². The normalized spacial score (nSPS) is 11.1. The SMILES string of the molecule is CCCCCCCCCc1cc(N)c2c(N)cccc2c1. The molecule has 0 aliphatic heterocycles. The van der Waals surface area contributed by atoms with E-state index in [0.29, 0.717) is 0 Å². The highest BCUT2D eigenvalue weighted by molar-refractivity contribution is 6.01. The standard InChI is InChI=1S/C19H28N2/c1-2-3-4-5-6-7-8-10-15-13-16-11-9-12-17(20)19(16)18(21)14-15/h9,11-14H,2-8,10,20-21H2,1H3. The molecule has 0 aliphatic rings. The van der Waals surface area contributed by atoms with E-state index >= 15 is 0 Å². The zero-order valence-corrected chi connectivity index (χ0v) is 13.2. The molecule has 0 fully saturated rings. The van der Waals surface area contributed by atoms with Gasteiger partial charge in [0.2, 0.25) is 0 Å². The number of nitrogen functional groups attached to an aromatic ring is 2. The number of hydrogen-bond donors (Lipinski definition) is 2. The number of aryl methyl sites for hydroxylation is 1. The summed E-state index contributed by atoms with van der Waals surface area (Å²) in [5, 5.41) is 2.16. The molecule has 2 nitrogen and oxygen atoms in total. The van der Waals surface area contributed by atoms with E-state index in [1.165, 1.54) is 50.5 Å². The van der Waals surface area contributed by atoms with Gasteiger partial charge >= 0.3 is 0 Å². The molecule has 0 aromatic heterocycles. The molecule has 0 bridgehead atoms. The van der Waals surface area contributed by atoms with Crippen LogP contribution in [0.4, 0.5) is 11.4 Å². The maximum absolute atomic E-state index is 6.16. The Morgan fingerprint density at radius 3 is 2.29 bits per heavy atom. The van der Waals surface area contributed by atoms with Gasteiger partial charge in [-0.15, -0.1) is 0 Å². The molecule has 0 heterocycles. The molecule has 0 spiro atoms. The second kappa shape index (κ2) is 7.92. The molecule has 21 heavy (non-hydrogen) atoms. The van der Waals surface area contributed by atoms with Crippen LogP contribution in [0.5, 0.6) is 0 Å². The Morgan fingerprint density at radius 2 is 1.52 bits per heavy atom. The fraction of sp³-hybridized carbons (Fsp3) is 0.474. The summed E-state index contributed by atoms with van der Waals surface area (Å²) >= 11 is 0. The summed E-state index contributed by atoms with van der Waals surface area (Å²) in [6.07, 6.45) is 10.5. The molecule has 2 rings (SSSR count). The Hall–Kier alpha value is -1.70. The molecule has 0 unspecified atom stereocenters. The maximum Gasteiger partial charge on any atom is 0.0417 e. The number of anilines is 2. The molecular formula is C19H28N2. The van der Waals surface area contributed by atoms with Gasteiger partial charge < -0.3 is 11.5 Å². The summed E-state index contributed by atoms with van der Waals surface area (Å²) < 4.78 is 0. The first kappa shape index (κ1) is 15.7. The number of rotatable bonds is 8. The summed E-state index contributed by atoms with van der Waals surface area (Å²) in [4.78, 5) is 0. The second-order valence-electron chi connectivity index (χ2n) is 6.00. The van der Waals surface area contributed by atoms with Crippen LogP contribution in [0.2, 0.25) is 0 Å². The molecule has 2 aromatic rings. The zero-order chi connectivity index (χ0) is 15.1. The van der Waals surface area contributed by atoms with Gasteiger partial charge in [-0.25, -0.2) is 0 Å². The molecule has 2 heteroatoms. The fourth-order valence-electron chi connectivity index (χ4n) is 2.99. The first-order valence-corrected chi connectivity index (χ1v) is 8.29. The Labute approximate surface area is 128 Å². The van der Waals surface area contributed by atoms with Crippen molar-refractivity contribution in [3.63, 3.8) is 0 Å². The Bertz CT molecular complexity index is 575. The van der Waals surface area contributed by atoms with Gasteiger partial charge in [-0.05, 0) is 35.9 Å². The molecule has 0 saturated carbocycles. The molecule has 0 saturated heterocycles. The van der Waals surface area contributed by atoms with Crippen LogP contribution in [-0.4, -0.2) is 0 Å². The first-order valence-electron chi connectivity index (χ1n) is 8.29. The van der Waals surface area contributed by atoms with Gasteiger partial charge in [0, 0.05) is 16.8 Å². The first-order chi connectivity index (χ1) is 10.2. The van der Waals surface area contributed by atoms with Crippen molar-refractivity contribution in [2.75, 3.05) is 11.5 Å². The van der Waals surface area contributed by atoms with Crippen molar-refractivity contribution in [2.24, 2.45) is 0 Å². The van der Waals surface area contributed by atoms with Crippen LogP contribution < -0.4 is 11.5 Å². The van der Waals surface area contributed by atoms with Crippen LogP contribution in [0.1, 0.15) is 57.4 Å². The van der Waals surface area contributed by atoms with Crippen molar-refractivity contribution in [1.29, 1.82) is 0 Å². The van der Waals surface area contributed by atoms with Gasteiger partial charge in [-0.3, -0.25) is 0 Å². The minimum Gasteiger partial charge on any atom is -0.398 e. The van der Waals surface area contributed by atoms with Crippen LogP contribution in [0, 0.1) is 0 Å². The largest absolute Gasteiger partial charge is 0.398 e. The van der Waals surface area contributed by atoms with E-state index in [4.69, 9.17) is 11.5 Å². The zero-order valence-electron chi connectivity index (χ0n) is 13.2.